The number of para-hydroxylation sites is 1. The Morgan fingerprint density at radius 3 is 2.57 bits per heavy atom. The molecule has 3 rings (SSSR count). The SMILES string of the molecule is NC(=O)COc1ccccc1C(=O)Nc1cccc(C(=O)N2CCOCC2)c1. The summed E-state index contributed by atoms with van der Waals surface area (Å²) in [5, 5.41) is 2.75. The van der Waals surface area contributed by atoms with E-state index in [4.69, 9.17) is 15.2 Å². The smallest absolute Gasteiger partial charge is 0.259 e. The van der Waals surface area contributed by atoms with E-state index < -0.39 is 11.8 Å². The van der Waals surface area contributed by atoms with Gasteiger partial charge in [-0.25, -0.2) is 0 Å². The molecule has 3 amide bonds. The van der Waals surface area contributed by atoms with Crippen LogP contribution in [0, 0.1) is 0 Å². The number of anilines is 1. The Balaban J connectivity index is 1.73. The zero-order valence-corrected chi connectivity index (χ0v) is 15.2. The number of nitrogens with one attached hydrogen (secondary N) is 1. The molecule has 1 fully saturated rings. The van der Waals surface area contributed by atoms with Crippen LogP contribution in [-0.4, -0.2) is 55.5 Å². The molecule has 1 aliphatic rings. The number of carbonyl (C=O) groups is 3. The standard InChI is InChI=1S/C20H21N3O5/c21-18(24)13-28-17-7-2-1-6-16(17)19(25)22-15-5-3-4-14(12-15)20(26)23-8-10-27-11-9-23/h1-7,12H,8-11,13H2,(H2,21,24)(H,22,25). The number of hydrogen-bond acceptors (Lipinski definition) is 5. The van der Waals surface area contributed by atoms with Crippen molar-refractivity contribution < 1.29 is 23.9 Å². The van der Waals surface area contributed by atoms with Crippen LogP contribution in [0.15, 0.2) is 48.5 Å². The van der Waals surface area contributed by atoms with Gasteiger partial charge in [0.1, 0.15) is 5.75 Å². The number of ether oxygens (including phenoxy) is 2. The van der Waals surface area contributed by atoms with E-state index in [0.29, 0.717) is 37.6 Å². The molecule has 2 aromatic rings. The molecule has 1 saturated heterocycles. The molecule has 0 bridgehead atoms. The summed E-state index contributed by atoms with van der Waals surface area (Å²) in [5.41, 5.74) is 6.31. The Morgan fingerprint density at radius 1 is 1.07 bits per heavy atom. The summed E-state index contributed by atoms with van der Waals surface area (Å²) in [7, 11) is 0. The van der Waals surface area contributed by atoms with Crippen molar-refractivity contribution in [3.63, 3.8) is 0 Å². The van der Waals surface area contributed by atoms with Crippen LogP contribution >= 0.6 is 0 Å². The molecule has 8 heteroatoms. The van der Waals surface area contributed by atoms with Gasteiger partial charge in [-0.1, -0.05) is 18.2 Å². The van der Waals surface area contributed by atoms with Crippen molar-refractivity contribution in [2.24, 2.45) is 5.73 Å². The number of nitrogens with zero attached hydrogens (tertiary/aromatic N) is 1. The second-order valence-electron chi connectivity index (χ2n) is 6.19. The van der Waals surface area contributed by atoms with Crippen LogP contribution in [0.25, 0.3) is 0 Å². The van der Waals surface area contributed by atoms with Gasteiger partial charge in [0.2, 0.25) is 0 Å². The number of benzene rings is 2. The summed E-state index contributed by atoms with van der Waals surface area (Å²) < 4.78 is 10.6. The van der Waals surface area contributed by atoms with Crippen LogP contribution in [0.5, 0.6) is 5.75 Å². The second kappa shape index (κ2) is 9.01. The van der Waals surface area contributed by atoms with Crippen LogP contribution < -0.4 is 15.8 Å². The summed E-state index contributed by atoms with van der Waals surface area (Å²) in [6.07, 6.45) is 0. The number of amides is 3. The Bertz CT molecular complexity index is 878. The molecular formula is C20H21N3O5. The van der Waals surface area contributed by atoms with Gasteiger partial charge in [0.25, 0.3) is 17.7 Å². The van der Waals surface area contributed by atoms with Crippen LogP contribution in [0.4, 0.5) is 5.69 Å². The summed E-state index contributed by atoms with van der Waals surface area (Å²) in [6, 6.07) is 13.3. The lowest BCUT2D eigenvalue weighted by Crippen LogP contribution is -2.40. The van der Waals surface area contributed by atoms with Crippen molar-refractivity contribution in [2.45, 2.75) is 0 Å². The zero-order chi connectivity index (χ0) is 19.9. The van der Waals surface area contributed by atoms with Gasteiger partial charge in [-0.15, -0.1) is 0 Å². The van der Waals surface area contributed by atoms with Gasteiger partial charge in [0.05, 0.1) is 18.8 Å². The Hall–Kier alpha value is -3.39. The van der Waals surface area contributed by atoms with Gasteiger partial charge >= 0.3 is 0 Å². The van der Waals surface area contributed by atoms with E-state index in [9.17, 15) is 14.4 Å². The number of hydrogen-bond donors (Lipinski definition) is 2. The van der Waals surface area contributed by atoms with Crippen molar-refractivity contribution in [1.29, 1.82) is 0 Å². The molecule has 28 heavy (non-hydrogen) atoms. The van der Waals surface area contributed by atoms with Gasteiger partial charge in [-0.05, 0) is 30.3 Å². The maximum absolute atomic E-state index is 12.6. The van der Waals surface area contributed by atoms with Gasteiger partial charge in [-0.2, -0.15) is 0 Å². The highest BCUT2D eigenvalue weighted by Gasteiger charge is 2.19. The molecule has 146 valence electrons. The highest BCUT2D eigenvalue weighted by Crippen LogP contribution is 2.20. The Labute approximate surface area is 162 Å². The van der Waals surface area contributed by atoms with E-state index in [2.05, 4.69) is 5.32 Å². The van der Waals surface area contributed by atoms with E-state index >= 15 is 0 Å². The molecule has 0 aliphatic carbocycles. The lowest BCUT2D eigenvalue weighted by atomic mass is 10.1. The van der Waals surface area contributed by atoms with Gasteiger partial charge in [0.15, 0.2) is 6.61 Å². The van der Waals surface area contributed by atoms with E-state index in [1.165, 1.54) is 0 Å². The summed E-state index contributed by atoms with van der Waals surface area (Å²) in [4.78, 5) is 37.9. The lowest BCUT2D eigenvalue weighted by molar-refractivity contribution is -0.119. The molecule has 3 N–H and O–H groups in total. The van der Waals surface area contributed by atoms with Crippen LogP contribution in [0.3, 0.4) is 0 Å². The number of morpholine rings is 1. The zero-order valence-electron chi connectivity index (χ0n) is 15.2. The molecule has 0 spiro atoms. The average molecular weight is 383 g/mol. The molecule has 0 atom stereocenters. The average Bonchev–Trinajstić information content (AvgIpc) is 2.72. The number of carbonyl (C=O) groups excluding carboxylic acids is 3. The third-order valence-electron chi connectivity index (χ3n) is 4.17. The predicted octanol–water partition coefficient (Wildman–Crippen LogP) is 1.28. The molecule has 0 aromatic heterocycles. The summed E-state index contributed by atoms with van der Waals surface area (Å²) >= 11 is 0. The van der Waals surface area contributed by atoms with Crippen molar-refractivity contribution in [3.8, 4) is 5.75 Å². The second-order valence-corrected chi connectivity index (χ2v) is 6.19. The van der Waals surface area contributed by atoms with E-state index in [-0.39, 0.29) is 23.8 Å². The third-order valence-corrected chi connectivity index (χ3v) is 4.17. The summed E-state index contributed by atoms with van der Waals surface area (Å²) in [5.74, 6) is -0.912. The predicted molar refractivity (Wildman–Crippen MR) is 102 cm³/mol. The monoisotopic (exact) mass is 383 g/mol. The van der Waals surface area contributed by atoms with Gasteiger partial charge in [0, 0.05) is 24.3 Å². The van der Waals surface area contributed by atoms with Crippen LogP contribution in [0.2, 0.25) is 0 Å². The fourth-order valence-corrected chi connectivity index (χ4v) is 2.81. The first-order valence-corrected chi connectivity index (χ1v) is 8.83. The maximum atomic E-state index is 12.6. The normalized spacial score (nSPS) is 13.6. The highest BCUT2D eigenvalue weighted by atomic mass is 16.5. The largest absolute Gasteiger partial charge is 0.483 e. The van der Waals surface area contributed by atoms with E-state index in [1.54, 1.807) is 53.4 Å². The molecule has 2 aromatic carbocycles. The van der Waals surface area contributed by atoms with Crippen LogP contribution in [0.1, 0.15) is 20.7 Å². The Kier molecular flexibility index (Phi) is 6.23. The molecule has 1 heterocycles. The molecule has 1 aliphatic heterocycles. The maximum Gasteiger partial charge on any atom is 0.259 e. The topological polar surface area (TPSA) is 111 Å². The molecule has 0 saturated carbocycles. The van der Waals surface area contributed by atoms with Crippen LogP contribution in [-0.2, 0) is 9.53 Å². The fraction of sp³-hybridized carbons (Fsp3) is 0.250. The van der Waals surface area contributed by atoms with Crippen molar-refractivity contribution in [2.75, 3.05) is 38.2 Å². The minimum atomic E-state index is -0.635. The first-order valence-electron chi connectivity index (χ1n) is 8.83. The highest BCUT2D eigenvalue weighted by molar-refractivity contribution is 6.07. The molecule has 8 nitrogen and oxygen atoms in total. The minimum Gasteiger partial charge on any atom is -0.483 e. The first kappa shape index (κ1) is 19.4. The van der Waals surface area contributed by atoms with Gasteiger partial charge < -0.3 is 25.4 Å². The Morgan fingerprint density at radius 2 is 1.82 bits per heavy atom. The molecule has 0 unspecified atom stereocenters. The molecular weight excluding hydrogens is 362 g/mol. The van der Waals surface area contributed by atoms with Gasteiger partial charge in [-0.3, -0.25) is 14.4 Å². The summed E-state index contributed by atoms with van der Waals surface area (Å²) in [6.45, 7) is 1.79. The van der Waals surface area contributed by atoms with Crippen molar-refractivity contribution >= 4 is 23.4 Å². The first-order chi connectivity index (χ1) is 13.5. The minimum absolute atomic E-state index is 0.107. The number of nitrogens with two attached hydrogens (primary N) is 1. The van der Waals surface area contributed by atoms with E-state index in [1.807, 2.05) is 0 Å². The van der Waals surface area contributed by atoms with E-state index in [0.717, 1.165) is 0 Å². The number of rotatable bonds is 6. The van der Waals surface area contributed by atoms with Crippen molar-refractivity contribution in [3.05, 3.63) is 59.7 Å². The van der Waals surface area contributed by atoms with Crippen molar-refractivity contribution in [1.82, 2.24) is 4.90 Å². The quantitative estimate of drug-likeness (QED) is 0.781. The lowest BCUT2D eigenvalue weighted by Gasteiger charge is -2.27. The number of primary amides is 1. The third kappa shape index (κ3) is 4.86. The molecule has 0 radical (unpaired) electrons. The fourth-order valence-electron chi connectivity index (χ4n) is 2.81.